The summed E-state index contributed by atoms with van der Waals surface area (Å²) in [4.78, 5) is 12.0. The molecule has 5 nitrogen and oxygen atoms in total. The van der Waals surface area contributed by atoms with Crippen LogP contribution >= 0.6 is 0 Å². The summed E-state index contributed by atoms with van der Waals surface area (Å²) in [6, 6.07) is 9.87. The molecule has 1 amide bonds. The highest BCUT2D eigenvalue weighted by molar-refractivity contribution is 5.79. The molecule has 0 aliphatic heterocycles. The van der Waals surface area contributed by atoms with E-state index in [1.807, 2.05) is 50.4 Å². The molecule has 0 spiro atoms. The molecule has 0 saturated carbocycles. The topological polar surface area (TPSA) is 72.9 Å². The zero-order valence-electron chi connectivity index (χ0n) is 12.5. The van der Waals surface area contributed by atoms with E-state index in [0.717, 1.165) is 11.3 Å². The molecule has 1 aromatic heterocycles. The van der Waals surface area contributed by atoms with Gasteiger partial charge in [0.15, 0.2) is 0 Å². The van der Waals surface area contributed by atoms with E-state index >= 15 is 0 Å². The standard InChI is InChI=1S/C16H22N4O/c1-12(2)15(8-17)16(21)18-9-13-10-19-20(11-13)14-6-4-3-5-7-14/h3-7,10-12,15H,8-9,17H2,1-2H3,(H,18,21). The summed E-state index contributed by atoms with van der Waals surface area (Å²) in [5.41, 5.74) is 7.61. The Labute approximate surface area is 125 Å². The molecule has 0 radical (unpaired) electrons. The van der Waals surface area contributed by atoms with Crippen molar-refractivity contribution in [1.29, 1.82) is 0 Å². The average molecular weight is 286 g/mol. The maximum atomic E-state index is 12.0. The number of benzene rings is 1. The van der Waals surface area contributed by atoms with Gasteiger partial charge in [-0.1, -0.05) is 32.0 Å². The van der Waals surface area contributed by atoms with Crippen molar-refractivity contribution in [3.8, 4) is 5.69 Å². The van der Waals surface area contributed by atoms with Crippen LogP contribution in [-0.4, -0.2) is 22.2 Å². The summed E-state index contributed by atoms with van der Waals surface area (Å²) in [6.45, 7) is 4.84. The zero-order valence-corrected chi connectivity index (χ0v) is 12.5. The quantitative estimate of drug-likeness (QED) is 0.849. The van der Waals surface area contributed by atoms with E-state index < -0.39 is 0 Å². The summed E-state index contributed by atoms with van der Waals surface area (Å²) >= 11 is 0. The zero-order chi connectivity index (χ0) is 15.2. The Morgan fingerprint density at radius 3 is 2.67 bits per heavy atom. The molecule has 5 heteroatoms. The van der Waals surface area contributed by atoms with Crippen molar-refractivity contribution in [3.63, 3.8) is 0 Å². The summed E-state index contributed by atoms with van der Waals surface area (Å²) in [6.07, 6.45) is 3.68. The molecule has 2 rings (SSSR count). The van der Waals surface area contributed by atoms with Gasteiger partial charge in [0, 0.05) is 24.8 Å². The van der Waals surface area contributed by atoms with Gasteiger partial charge in [0.1, 0.15) is 0 Å². The Morgan fingerprint density at radius 1 is 1.33 bits per heavy atom. The van der Waals surface area contributed by atoms with Gasteiger partial charge in [-0.3, -0.25) is 4.79 Å². The predicted octanol–water partition coefficient (Wildman–Crippen LogP) is 1.72. The van der Waals surface area contributed by atoms with Crippen LogP contribution in [0.25, 0.3) is 5.69 Å². The van der Waals surface area contributed by atoms with Crippen LogP contribution < -0.4 is 11.1 Å². The lowest BCUT2D eigenvalue weighted by atomic mass is 9.95. The summed E-state index contributed by atoms with van der Waals surface area (Å²) in [7, 11) is 0. The minimum absolute atomic E-state index is 0.0000360. The second-order valence-corrected chi connectivity index (χ2v) is 5.43. The number of amides is 1. The van der Waals surface area contributed by atoms with Crippen molar-refractivity contribution in [2.45, 2.75) is 20.4 Å². The Balaban J connectivity index is 1.96. The number of para-hydroxylation sites is 1. The summed E-state index contributed by atoms with van der Waals surface area (Å²) < 4.78 is 1.80. The average Bonchev–Trinajstić information content (AvgIpc) is 2.95. The van der Waals surface area contributed by atoms with Crippen LogP contribution in [0.5, 0.6) is 0 Å². The molecule has 112 valence electrons. The fourth-order valence-electron chi connectivity index (χ4n) is 2.18. The number of hydrogen-bond acceptors (Lipinski definition) is 3. The Kier molecular flexibility index (Phi) is 5.11. The number of nitrogens with one attached hydrogen (secondary N) is 1. The largest absolute Gasteiger partial charge is 0.352 e. The van der Waals surface area contributed by atoms with Gasteiger partial charge in [-0.2, -0.15) is 5.10 Å². The molecule has 0 fully saturated rings. The molecular weight excluding hydrogens is 264 g/mol. The number of nitrogens with zero attached hydrogens (tertiary/aromatic N) is 2. The Morgan fingerprint density at radius 2 is 2.05 bits per heavy atom. The summed E-state index contributed by atoms with van der Waals surface area (Å²) in [5.74, 6) is 0.0937. The van der Waals surface area contributed by atoms with E-state index in [1.165, 1.54) is 0 Å². The second-order valence-electron chi connectivity index (χ2n) is 5.43. The van der Waals surface area contributed by atoms with Crippen molar-refractivity contribution < 1.29 is 4.79 Å². The highest BCUT2D eigenvalue weighted by atomic mass is 16.1. The van der Waals surface area contributed by atoms with E-state index in [-0.39, 0.29) is 17.7 Å². The molecule has 2 aromatic rings. The maximum Gasteiger partial charge on any atom is 0.224 e. The van der Waals surface area contributed by atoms with Crippen molar-refractivity contribution in [2.75, 3.05) is 6.54 Å². The number of hydrogen-bond donors (Lipinski definition) is 2. The lowest BCUT2D eigenvalue weighted by Crippen LogP contribution is -2.37. The first-order valence-electron chi connectivity index (χ1n) is 7.18. The third-order valence-electron chi connectivity index (χ3n) is 3.52. The third kappa shape index (κ3) is 3.92. The van der Waals surface area contributed by atoms with Gasteiger partial charge in [0.2, 0.25) is 5.91 Å². The van der Waals surface area contributed by atoms with Gasteiger partial charge in [-0.25, -0.2) is 4.68 Å². The first kappa shape index (κ1) is 15.3. The first-order chi connectivity index (χ1) is 10.1. The normalized spacial score (nSPS) is 12.4. The van der Waals surface area contributed by atoms with E-state index in [1.54, 1.807) is 10.9 Å². The monoisotopic (exact) mass is 286 g/mol. The van der Waals surface area contributed by atoms with E-state index in [9.17, 15) is 4.79 Å². The van der Waals surface area contributed by atoms with Crippen molar-refractivity contribution in [1.82, 2.24) is 15.1 Å². The van der Waals surface area contributed by atoms with E-state index in [4.69, 9.17) is 5.73 Å². The molecular formula is C16H22N4O. The predicted molar refractivity (Wildman–Crippen MR) is 82.8 cm³/mol. The highest BCUT2D eigenvalue weighted by Crippen LogP contribution is 2.10. The molecule has 0 aliphatic rings. The molecule has 1 heterocycles. The number of aromatic nitrogens is 2. The van der Waals surface area contributed by atoms with Gasteiger partial charge < -0.3 is 11.1 Å². The van der Waals surface area contributed by atoms with Gasteiger partial charge in [0.05, 0.1) is 17.8 Å². The fourth-order valence-corrected chi connectivity index (χ4v) is 2.18. The van der Waals surface area contributed by atoms with Crippen LogP contribution in [0.4, 0.5) is 0 Å². The molecule has 1 atom stereocenters. The number of nitrogens with two attached hydrogens (primary N) is 1. The van der Waals surface area contributed by atoms with Crippen LogP contribution in [0.2, 0.25) is 0 Å². The molecule has 0 saturated heterocycles. The van der Waals surface area contributed by atoms with Crippen LogP contribution in [0.3, 0.4) is 0 Å². The van der Waals surface area contributed by atoms with Crippen molar-refractivity contribution in [3.05, 3.63) is 48.3 Å². The number of carbonyl (C=O) groups is 1. The second kappa shape index (κ2) is 7.04. The highest BCUT2D eigenvalue weighted by Gasteiger charge is 2.20. The smallest absolute Gasteiger partial charge is 0.224 e. The lowest BCUT2D eigenvalue weighted by molar-refractivity contribution is -0.126. The van der Waals surface area contributed by atoms with Crippen molar-refractivity contribution >= 4 is 5.91 Å². The van der Waals surface area contributed by atoms with E-state index in [2.05, 4.69) is 10.4 Å². The molecule has 3 N–H and O–H groups in total. The molecule has 0 aliphatic carbocycles. The van der Waals surface area contributed by atoms with Gasteiger partial charge in [0.25, 0.3) is 0 Å². The molecule has 1 unspecified atom stereocenters. The van der Waals surface area contributed by atoms with Gasteiger partial charge >= 0.3 is 0 Å². The van der Waals surface area contributed by atoms with Crippen LogP contribution in [0.15, 0.2) is 42.7 Å². The Bertz CT molecular complexity index is 577. The van der Waals surface area contributed by atoms with Gasteiger partial charge in [-0.05, 0) is 18.1 Å². The molecule has 1 aromatic carbocycles. The lowest BCUT2D eigenvalue weighted by Gasteiger charge is -2.17. The molecule has 0 bridgehead atoms. The van der Waals surface area contributed by atoms with E-state index in [0.29, 0.717) is 13.1 Å². The number of rotatable bonds is 6. The van der Waals surface area contributed by atoms with Crippen LogP contribution in [-0.2, 0) is 11.3 Å². The summed E-state index contributed by atoms with van der Waals surface area (Å²) in [5, 5.41) is 7.23. The third-order valence-corrected chi connectivity index (χ3v) is 3.52. The van der Waals surface area contributed by atoms with Crippen LogP contribution in [0.1, 0.15) is 19.4 Å². The minimum Gasteiger partial charge on any atom is -0.352 e. The SMILES string of the molecule is CC(C)C(CN)C(=O)NCc1cnn(-c2ccccc2)c1. The Hall–Kier alpha value is -2.14. The first-order valence-corrected chi connectivity index (χ1v) is 7.18. The minimum atomic E-state index is -0.144. The van der Waals surface area contributed by atoms with Gasteiger partial charge in [-0.15, -0.1) is 0 Å². The van der Waals surface area contributed by atoms with Crippen LogP contribution in [0, 0.1) is 11.8 Å². The number of carbonyl (C=O) groups excluding carboxylic acids is 1. The molecule has 21 heavy (non-hydrogen) atoms. The van der Waals surface area contributed by atoms with Crippen molar-refractivity contribution in [2.24, 2.45) is 17.6 Å². The maximum absolute atomic E-state index is 12.0. The fraction of sp³-hybridized carbons (Fsp3) is 0.375.